The number of imidazole rings is 1. The largest absolute Gasteiger partial charge is 0.433 e. The summed E-state index contributed by atoms with van der Waals surface area (Å²) in [5.41, 5.74) is -1.12. The smallest absolute Gasteiger partial charge is 0.324 e. The molecule has 0 saturated carbocycles. The highest BCUT2D eigenvalue weighted by Gasteiger charge is 2.33. The van der Waals surface area contributed by atoms with Gasteiger partial charge in [-0.3, -0.25) is 4.79 Å². The van der Waals surface area contributed by atoms with Crippen molar-refractivity contribution in [3.05, 3.63) is 30.2 Å². The van der Waals surface area contributed by atoms with Gasteiger partial charge in [-0.25, -0.2) is 31.8 Å². The maximum Gasteiger partial charge on any atom is 0.433 e. The van der Waals surface area contributed by atoms with Gasteiger partial charge in [0, 0.05) is 20.4 Å². The fourth-order valence-electron chi connectivity index (χ4n) is 3.10. The van der Waals surface area contributed by atoms with E-state index in [1.54, 1.807) is 0 Å². The second-order valence-corrected chi connectivity index (χ2v) is 11.9. The lowest BCUT2D eigenvalue weighted by atomic mass is 10.3. The number of nitrogens with zero attached hydrogens (tertiary/aromatic N) is 5. The number of pyridine rings is 2. The Morgan fingerprint density at radius 2 is 1.76 bits per heavy atom. The number of alkyl halides is 3. The Morgan fingerprint density at radius 1 is 1.12 bits per heavy atom. The van der Waals surface area contributed by atoms with Crippen LogP contribution in [0.4, 0.5) is 18.9 Å². The van der Waals surface area contributed by atoms with Gasteiger partial charge >= 0.3 is 6.18 Å². The molecule has 0 radical (unpaired) electrons. The van der Waals surface area contributed by atoms with Crippen LogP contribution < -0.4 is 4.90 Å². The van der Waals surface area contributed by atoms with Gasteiger partial charge in [-0.1, -0.05) is 6.92 Å². The van der Waals surface area contributed by atoms with E-state index in [1.807, 2.05) is 0 Å². The van der Waals surface area contributed by atoms with Crippen molar-refractivity contribution in [3.8, 4) is 11.5 Å². The summed E-state index contributed by atoms with van der Waals surface area (Å²) in [6, 6.07) is 1.90. The molecule has 0 aromatic carbocycles. The van der Waals surface area contributed by atoms with E-state index >= 15 is 0 Å². The SMILES string of the molecule is CCS(=O)(=O)c1cc(N(C)C(=O)CS(C)(=O)=O)cnc1-c1nc2cc(C(F)(F)F)ncc2n1C. The molecule has 10 nitrogen and oxygen atoms in total. The third-order valence-corrected chi connectivity index (χ3v) is 7.48. The predicted molar refractivity (Wildman–Crippen MR) is 118 cm³/mol. The van der Waals surface area contributed by atoms with Crippen molar-refractivity contribution >= 4 is 42.3 Å². The molecule has 1 amide bonds. The number of hydrogen-bond acceptors (Lipinski definition) is 8. The number of sulfone groups is 2. The van der Waals surface area contributed by atoms with Crippen LogP contribution in [0.25, 0.3) is 22.6 Å². The van der Waals surface area contributed by atoms with Gasteiger partial charge < -0.3 is 9.47 Å². The quantitative estimate of drug-likeness (QED) is 0.482. The van der Waals surface area contributed by atoms with Crippen molar-refractivity contribution in [1.29, 1.82) is 0 Å². The molecule has 15 heteroatoms. The molecule has 3 aromatic heterocycles. The average molecular weight is 520 g/mol. The Balaban J connectivity index is 2.20. The van der Waals surface area contributed by atoms with Gasteiger partial charge in [-0.15, -0.1) is 0 Å². The summed E-state index contributed by atoms with van der Waals surface area (Å²) in [5.74, 6) is -1.96. The van der Waals surface area contributed by atoms with E-state index in [0.717, 1.165) is 35.7 Å². The second-order valence-electron chi connectivity index (χ2n) is 7.52. The van der Waals surface area contributed by atoms with Gasteiger partial charge in [0.1, 0.15) is 17.1 Å². The first-order chi connectivity index (χ1) is 15.5. The lowest BCUT2D eigenvalue weighted by Crippen LogP contribution is -2.32. The minimum Gasteiger partial charge on any atom is -0.324 e. The highest BCUT2D eigenvalue weighted by molar-refractivity contribution is 7.91. The zero-order valence-corrected chi connectivity index (χ0v) is 20.1. The van der Waals surface area contributed by atoms with Crippen LogP contribution in [0.3, 0.4) is 0 Å². The fourth-order valence-corrected chi connectivity index (χ4v) is 4.79. The number of rotatable bonds is 6. The summed E-state index contributed by atoms with van der Waals surface area (Å²) in [4.78, 5) is 24.6. The number of aryl methyl sites for hydroxylation is 1. The molecule has 34 heavy (non-hydrogen) atoms. The molecule has 3 rings (SSSR count). The van der Waals surface area contributed by atoms with Gasteiger partial charge in [0.25, 0.3) is 0 Å². The first-order valence-corrected chi connectivity index (χ1v) is 13.3. The van der Waals surface area contributed by atoms with E-state index in [1.165, 1.54) is 25.6 Å². The molecule has 0 aliphatic heterocycles. The zero-order valence-electron chi connectivity index (χ0n) is 18.5. The van der Waals surface area contributed by atoms with E-state index in [2.05, 4.69) is 15.0 Å². The number of anilines is 1. The summed E-state index contributed by atoms with van der Waals surface area (Å²) < 4.78 is 89.1. The van der Waals surface area contributed by atoms with Crippen molar-refractivity contribution in [1.82, 2.24) is 19.5 Å². The molecule has 184 valence electrons. The summed E-state index contributed by atoms with van der Waals surface area (Å²) in [6.07, 6.45) is -1.67. The van der Waals surface area contributed by atoms with Crippen LogP contribution >= 0.6 is 0 Å². The number of halogens is 3. The van der Waals surface area contributed by atoms with Gasteiger partial charge in [0.15, 0.2) is 25.5 Å². The summed E-state index contributed by atoms with van der Waals surface area (Å²) in [6.45, 7) is 1.39. The number of fused-ring (bicyclic) bond motifs is 1. The summed E-state index contributed by atoms with van der Waals surface area (Å²) in [7, 11) is -4.84. The van der Waals surface area contributed by atoms with Gasteiger partial charge in [-0.05, 0) is 12.1 Å². The zero-order chi connectivity index (χ0) is 25.6. The van der Waals surface area contributed by atoms with Gasteiger partial charge in [0.05, 0.1) is 39.8 Å². The predicted octanol–water partition coefficient (Wildman–Crippen LogP) is 1.85. The number of carbonyl (C=O) groups is 1. The van der Waals surface area contributed by atoms with Crippen LogP contribution in [-0.2, 0) is 37.7 Å². The molecule has 0 fully saturated rings. The van der Waals surface area contributed by atoms with E-state index in [0.29, 0.717) is 0 Å². The summed E-state index contributed by atoms with van der Waals surface area (Å²) in [5, 5.41) is 0. The second kappa shape index (κ2) is 8.61. The Hall–Kier alpha value is -3.07. The van der Waals surface area contributed by atoms with E-state index in [9.17, 15) is 34.8 Å². The van der Waals surface area contributed by atoms with Crippen LogP contribution in [0.15, 0.2) is 29.4 Å². The first kappa shape index (κ1) is 25.6. The normalized spacial score (nSPS) is 12.8. The molecule has 3 heterocycles. The minimum absolute atomic E-state index is 0.0178. The van der Waals surface area contributed by atoms with E-state index in [4.69, 9.17) is 0 Å². The third-order valence-electron chi connectivity index (χ3n) is 4.97. The van der Waals surface area contributed by atoms with Crippen LogP contribution in [0, 0.1) is 0 Å². The van der Waals surface area contributed by atoms with Crippen molar-refractivity contribution in [2.24, 2.45) is 7.05 Å². The first-order valence-electron chi connectivity index (χ1n) is 9.62. The molecule has 0 bridgehead atoms. The van der Waals surface area contributed by atoms with E-state index < -0.39 is 43.2 Å². The number of hydrogen-bond donors (Lipinski definition) is 0. The van der Waals surface area contributed by atoms with Gasteiger partial charge in [-0.2, -0.15) is 13.2 Å². The lowest BCUT2D eigenvalue weighted by molar-refractivity contribution is -0.141. The Bertz CT molecular complexity index is 1500. The van der Waals surface area contributed by atoms with Crippen molar-refractivity contribution in [3.63, 3.8) is 0 Å². The van der Waals surface area contributed by atoms with Gasteiger partial charge in [0.2, 0.25) is 5.91 Å². The highest BCUT2D eigenvalue weighted by Crippen LogP contribution is 2.33. The molecular weight excluding hydrogens is 499 g/mol. The average Bonchev–Trinajstić information content (AvgIpc) is 3.06. The maximum atomic E-state index is 13.0. The molecule has 0 aliphatic carbocycles. The van der Waals surface area contributed by atoms with Crippen molar-refractivity contribution < 1.29 is 34.8 Å². The van der Waals surface area contributed by atoms with Crippen LogP contribution in [0.1, 0.15) is 12.6 Å². The van der Waals surface area contributed by atoms with Crippen LogP contribution in [0.2, 0.25) is 0 Å². The molecule has 0 atom stereocenters. The lowest BCUT2D eigenvalue weighted by Gasteiger charge is -2.18. The number of aromatic nitrogens is 4. The van der Waals surface area contributed by atoms with Crippen LogP contribution in [-0.4, -0.2) is 67.1 Å². The maximum absolute atomic E-state index is 13.0. The van der Waals surface area contributed by atoms with E-state index in [-0.39, 0.29) is 38.9 Å². The van der Waals surface area contributed by atoms with Crippen molar-refractivity contribution in [2.45, 2.75) is 18.0 Å². The number of amides is 1. The summed E-state index contributed by atoms with van der Waals surface area (Å²) >= 11 is 0. The molecule has 0 N–H and O–H groups in total. The fraction of sp³-hybridized carbons (Fsp3) is 0.368. The van der Waals surface area contributed by atoms with Crippen molar-refractivity contribution in [2.75, 3.05) is 29.7 Å². The Morgan fingerprint density at radius 3 is 2.32 bits per heavy atom. The topological polar surface area (TPSA) is 132 Å². The highest BCUT2D eigenvalue weighted by atomic mass is 32.2. The molecule has 0 saturated heterocycles. The molecule has 0 unspecified atom stereocenters. The third kappa shape index (κ3) is 5.04. The Kier molecular flexibility index (Phi) is 6.47. The standard InChI is InChI=1S/C19H20F3N5O5S2/c1-5-34(31,32)14-6-11(26(2)16(28)10-33(4,29)30)8-24-17(14)18-25-12-7-15(19(20,21)22)23-9-13(12)27(18)3/h6-9H,5,10H2,1-4H3. The monoisotopic (exact) mass is 519 g/mol. The molecule has 0 aliphatic rings. The van der Waals surface area contributed by atoms with Crippen LogP contribution in [0.5, 0.6) is 0 Å². The molecular formula is C19H20F3N5O5S2. The molecule has 3 aromatic rings. The Labute approximate surface area is 193 Å². The number of carbonyl (C=O) groups excluding carboxylic acids is 1. The minimum atomic E-state index is -4.69. The molecule has 0 spiro atoms.